The number of nitro groups is 3. The molecule has 68 heavy (non-hydrogen) atoms. The summed E-state index contributed by atoms with van der Waals surface area (Å²) in [5.74, 6) is -0.248. The van der Waals surface area contributed by atoms with Crippen LogP contribution in [0.2, 0.25) is 0 Å². The molecule has 332 valence electrons. The van der Waals surface area contributed by atoms with Crippen molar-refractivity contribution in [3.8, 4) is 17.2 Å². The maximum Gasteiger partial charge on any atom is 0.647 e. The largest absolute Gasteiger partial charge is 0.647 e. The highest BCUT2D eigenvalue weighted by Gasteiger charge is 2.38. The van der Waals surface area contributed by atoms with Crippen molar-refractivity contribution >= 4 is 91.3 Å². The van der Waals surface area contributed by atoms with Gasteiger partial charge in [-0.15, -0.1) is 15.3 Å². The molecule has 9 aromatic carbocycles. The number of nitrogens with zero attached hydrogens (tertiary/aromatic N) is 9. The molecular weight excluding hydrogens is 894 g/mol. The molecule has 0 bridgehead atoms. The van der Waals surface area contributed by atoms with E-state index < -0.39 is 22.6 Å². The molecule has 0 saturated carbocycles. The first-order valence-electron chi connectivity index (χ1n) is 20.2. The Hall–Kier alpha value is -9.61. The molecule has 20 heteroatoms. The van der Waals surface area contributed by atoms with Crippen molar-refractivity contribution in [3.63, 3.8) is 0 Å². The minimum Gasteiger partial charge on any atom is -0.383 e. The molecule has 9 aromatic rings. The zero-order valence-corrected chi connectivity index (χ0v) is 35.8. The fraction of sp³-hybridized carbons (Fsp3) is 0. The normalized spacial score (nSPS) is 11.8. The average Bonchev–Trinajstić information content (AvgIpc) is 3.36. The molecule has 0 aliphatic rings. The van der Waals surface area contributed by atoms with E-state index in [1.807, 2.05) is 0 Å². The highest BCUT2D eigenvalue weighted by atomic mass is 31.2. The van der Waals surface area contributed by atoms with E-state index >= 15 is 4.57 Å². The number of benzene rings is 9. The number of nitro benzene ring substituents is 3. The Balaban J connectivity index is 1.22. The van der Waals surface area contributed by atoms with Crippen molar-refractivity contribution in [2.75, 3.05) is 0 Å². The second-order valence-electron chi connectivity index (χ2n) is 14.5. The summed E-state index contributed by atoms with van der Waals surface area (Å²) >= 11 is 0. The summed E-state index contributed by atoms with van der Waals surface area (Å²) in [5.41, 5.74) is 0.579. The summed E-state index contributed by atoms with van der Waals surface area (Å²) in [6.45, 7) is 0. The first-order valence-corrected chi connectivity index (χ1v) is 21.7. The van der Waals surface area contributed by atoms with E-state index in [4.69, 9.17) is 13.6 Å². The molecule has 0 aromatic heterocycles. The summed E-state index contributed by atoms with van der Waals surface area (Å²) < 4.78 is 35.9. The molecule has 0 spiro atoms. The van der Waals surface area contributed by atoms with Crippen LogP contribution in [0.5, 0.6) is 17.2 Å². The van der Waals surface area contributed by atoms with Gasteiger partial charge in [0, 0.05) is 52.6 Å². The predicted octanol–water partition coefficient (Wildman–Crippen LogP) is 15.8. The van der Waals surface area contributed by atoms with Gasteiger partial charge in [0.1, 0.15) is 17.1 Å². The predicted molar refractivity (Wildman–Crippen MR) is 253 cm³/mol. The molecule has 0 amide bonds. The molecule has 19 nitrogen and oxygen atoms in total. The molecule has 0 atom stereocenters. The Labute approximate surface area is 383 Å². The monoisotopic (exact) mass is 923 g/mol. The number of hydrogen-bond donors (Lipinski definition) is 0. The summed E-state index contributed by atoms with van der Waals surface area (Å²) in [4.78, 5) is 32.4. The number of fused-ring (bicyclic) bond motifs is 3. The third-order valence-corrected chi connectivity index (χ3v) is 11.4. The summed E-state index contributed by atoms with van der Waals surface area (Å²) in [6, 6.07) is 47.3. The van der Waals surface area contributed by atoms with Crippen molar-refractivity contribution in [2.24, 2.45) is 30.7 Å². The number of phosphoric acid groups is 1. The van der Waals surface area contributed by atoms with Crippen LogP contribution in [0, 0.1) is 30.3 Å². The number of rotatable bonds is 15. The van der Waals surface area contributed by atoms with Crippen LogP contribution in [0.1, 0.15) is 0 Å². The van der Waals surface area contributed by atoms with Gasteiger partial charge in [-0.05, 0) is 70.8 Å². The number of azo groups is 3. The van der Waals surface area contributed by atoms with Crippen molar-refractivity contribution in [1.29, 1.82) is 0 Å². The fourth-order valence-corrected chi connectivity index (χ4v) is 8.23. The van der Waals surface area contributed by atoms with Crippen LogP contribution in [0.15, 0.2) is 213 Å². The second kappa shape index (κ2) is 18.9. The van der Waals surface area contributed by atoms with Crippen LogP contribution in [-0.4, -0.2) is 14.8 Å². The highest BCUT2D eigenvalue weighted by molar-refractivity contribution is 7.49. The van der Waals surface area contributed by atoms with Crippen LogP contribution >= 0.6 is 7.82 Å². The minimum absolute atomic E-state index is 0.0708. The molecular formula is C48H30N9O10P. The van der Waals surface area contributed by atoms with Crippen LogP contribution in [0.4, 0.5) is 51.2 Å². The summed E-state index contributed by atoms with van der Waals surface area (Å²) in [7, 11) is -5.15. The van der Waals surface area contributed by atoms with E-state index in [2.05, 4.69) is 30.7 Å². The van der Waals surface area contributed by atoms with Crippen molar-refractivity contribution in [1.82, 2.24) is 0 Å². The Kier molecular flexibility index (Phi) is 12.1. The smallest absolute Gasteiger partial charge is 0.383 e. The molecule has 0 unspecified atom stereocenters. The molecule has 0 saturated heterocycles. The second-order valence-corrected chi connectivity index (χ2v) is 16.0. The van der Waals surface area contributed by atoms with Gasteiger partial charge in [0.05, 0.1) is 31.8 Å². The Morgan fingerprint density at radius 2 is 0.603 bits per heavy atom. The third-order valence-electron chi connectivity index (χ3n) is 10.2. The summed E-state index contributed by atoms with van der Waals surface area (Å²) in [6.07, 6.45) is 0. The first kappa shape index (κ1) is 43.6. The molecule has 0 aliphatic heterocycles. The van der Waals surface area contributed by atoms with E-state index in [0.29, 0.717) is 32.3 Å². The Bertz CT molecular complexity index is 3200. The molecule has 0 fully saturated rings. The lowest BCUT2D eigenvalue weighted by molar-refractivity contribution is -0.385. The molecule has 0 N–H and O–H groups in total. The van der Waals surface area contributed by atoms with Gasteiger partial charge in [-0.1, -0.05) is 91.0 Å². The fourth-order valence-electron chi connectivity index (χ4n) is 6.87. The maximum absolute atomic E-state index is 16.2. The zero-order chi connectivity index (χ0) is 47.2. The summed E-state index contributed by atoms with van der Waals surface area (Å²) in [5, 5.41) is 63.5. The Morgan fingerprint density at radius 1 is 0.338 bits per heavy atom. The van der Waals surface area contributed by atoms with Gasteiger partial charge in [0.2, 0.25) is 0 Å². The maximum atomic E-state index is 16.2. The van der Waals surface area contributed by atoms with Gasteiger partial charge < -0.3 is 13.6 Å². The van der Waals surface area contributed by atoms with Crippen LogP contribution < -0.4 is 13.6 Å². The van der Waals surface area contributed by atoms with Crippen LogP contribution in [0.25, 0.3) is 32.3 Å². The standard InChI is InChI=1S/C48H30N9O10P/c58-55(59)37-22-16-34(17-23-37)49-52-43-28-13-31-7-1-4-10-40(31)46(43)65-68(64,66-47-41-11-5-2-8-32(41)14-29-44(47)53-50-35-18-24-38(25-19-35)56(60)61)67-48-42-12-6-3-9-33(42)15-30-45(48)54-51-36-20-26-39(27-21-36)57(62)63/h1-30H/b52-49+,53-50+,54-51+. The van der Waals surface area contributed by atoms with Gasteiger partial charge in [-0.25, -0.2) is 0 Å². The van der Waals surface area contributed by atoms with Crippen LogP contribution in [-0.2, 0) is 4.57 Å². The average molecular weight is 924 g/mol. The van der Waals surface area contributed by atoms with Gasteiger partial charge in [0.25, 0.3) is 17.1 Å². The van der Waals surface area contributed by atoms with E-state index in [1.54, 1.807) is 109 Å². The van der Waals surface area contributed by atoms with Gasteiger partial charge in [-0.3, -0.25) is 30.3 Å². The van der Waals surface area contributed by atoms with Crippen LogP contribution in [0.3, 0.4) is 0 Å². The van der Waals surface area contributed by atoms with Crippen molar-refractivity contribution < 1.29 is 32.9 Å². The van der Waals surface area contributed by atoms with Crippen molar-refractivity contribution in [2.45, 2.75) is 0 Å². The van der Waals surface area contributed by atoms with Gasteiger partial charge in [-0.2, -0.15) is 19.9 Å². The van der Waals surface area contributed by atoms with E-state index in [-0.39, 0.29) is 68.4 Å². The SMILES string of the molecule is O=[N+]([O-])c1ccc(/N=N/c2ccc3ccccc3c2OP(=O)(Oc2c(/N=N/c3ccc([N+](=O)[O-])cc3)ccc3ccccc23)Oc2c(/N=N/c3ccc([N+](=O)[O-])cc3)ccc3ccccc23)cc1. The van der Waals surface area contributed by atoms with E-state index in [0.717, 1.165) is 0 Å². The minimum atomic E-state index is -5.15. The van der Waals surface area contributed by atoms with Crippen molar-refractivity contribution in [3.05, 3.63) is 212 Å². The topological polar surface area (TPSA) is 248 Å². The molecule has 0 heterocycles. The molecule has 0 radical (unpaired) electrons. The van der Waals surface area contributed by atoms with E-state index in [1.165, 1.54) is 72.8 Å². The molecule has 0 aliphatic carbocycles. The number of phosphoric ester groups is 1. The van der Waals surface area contributed by atoms with Gasteiger partial charge in [0.15, 0.2) is 17.2 Å². The lowest BCUT2D eigenvalue weighted by Gasteiger charge is -2.23. The quantitative estimate of drug-likeness (QED) is 0.0407. The number of hydrogen-bond acceptors (Lipinski definition) is 16. The third kappa shape index (κ3) is 9.58. The lowest BCUT2D eigenvalue weighted by atomic mass is 10.1. The zero-order valence-electron chi connectivity index (χ0n) is 34.9. The number of non-ortho nitro benzene ring substituents is 3. The van der Waals surface area contributed by atoms with E-state index in [9.17, 15) is 30.3 Å². The lowest BCUT2D eigenvalue weighted by Crippen LogP contribution is -2.09. The molecule has 9 rings (SSSR count). The van der Waals surface area contributed by atoms with Gasteiger partial charge >= 0.3 is 7.82 Å². The Morgan fingerprint density at radius 3 is 0.868 bits per heavy atom. The first-order chi connectivity index (χ1) is 33.0. The highest BCUT2D eigenvalue weighted by Crippen LogP contribution is 2.58.